The summed E-state index contributed by atoms with van der Waals surface area (Å²) in [5, 5.41) is 20.6. The molecule has 2 atom stereocenters. The predicted molar refractivity (Wildman–Crippen MR) is 96.3 cm³/mol. The Hall–Kier alpha value is -2.34. The van der Waals surface area contributed by atoms with E-state index in [2.05, 4.69) is 15.5 Å². The number of benzene rings is 1. The molecule has 25 heavy (non-hydrogen) atoms. The van der Waals surface area contributed by atoms with Crippen LogP contribution < -0.4 is 5.32 Å². The number of nitrogens with zero attached hydrogens (tertiary/aromatic N) is 2. The van der Waals surface area contributed by atoms with E-state index in [1.165, 1.54) is 11.3 Å². The predicted octanol–water partition coefficient (Wildman–Crippen LogP) is 2.34. The second kappa shape index (κ2) is 7.70. The molecule has 1 aromatic carbocycles. The van der Waals surface area contributed by atoms with Gasteiger partial charge >= 0.3 is 6.03 Å². The molecule has 2 amide bonds. The van der Waals surface area contributed by atoms with Gasteiger partial charge in [0.15, 0.2) is 0 Å². The molecule has 0 aliphatic heterocycles. The molecule has 0 bridgehead atoms. The number of likely N-dealkylation sites (N-methyl/N-ethyl adjacent to an activating group) is 1. The number of amides is 2. The number of carbonyl (C=O) groups excluding carboxylic acids is 1. The molecular formula is C19H26N4O2. The summed E-state index contributed by atoms with van der Waals surface area (Å²) in [5.41, 5.74) is 4.33. The topological polar surface area (TPSA) is 81.2 Å². The van der Waals surface area contributed by atoms with Gasteiger partial charge in [-0.2, -0.15) is 5.10 Å². The third kappa shape index (κ3) is 4.20. The van der Waals surface area contributed by atoms with Gasteiger partial charge in [-0.1, -0.05) is 29.8 Å². The van der Waals surface area contributed by atoms with E-state index >= 15 is 0 Å². The highest BCUT2D eigenvalue weighted by Gasteiger charge is 2.24. The maximum atomic E-state index is 12.6. The van der Waals surface area contributed by atoms with Gasteiger partial charge in [0.1, 0.15) is 0 Å². The number of rotatable bonds is 5. The quantitative estimate of drug-likeness (QED) is 0.780. The number of hydrogen-bond acceptors (Lipinski definition) is 3. The van der Waals surface area contributed by atoms with Crippen LogP contribution in [0.25, 0.3) is 0 Å². The van der Waals surface area contributed by atoms with Gasteiger partial charge in [0.2, 0.25) is 0 Å². The van der Waals surface area contributed by atoms with Gasteiger partial charge < -0.3 is 15.3 Å². The lowest BCUT2D eigenvalue weighted by Gasteiger charge is -2.29. The molecule has 3 N–H and O–H groups in total. The lowest BCUT2D eigenvalue weighted by Crippen LogP contribution is -2.47. The van der Waals surface area contributed by atoms with Crippen LogP contribution in [-0.4, -0.2) is 45.4 Å². The van der Waals surface area contributed by atoms with E-state index < -0.39 is 6.10 Å². The van der Waals surface area contributed by atoms with E-state index in [1.54, 1.807) is 4.90 Å². The van der Waals surface area contributed by atoms with Crippen molar-refractivity contribution in [1.29, 1.82) is 0 Å². The molecule has 2 aromatic rings. The molecule has 1 aliphatic carbocycles. The Morgan fingerprint density at radius 3 is 2.92 bits per heavy atom. The minimum absolute atomic E-state index is 0.114. The smallest absolute Gasteiger partial charge is 0.317 e. The number of aryl methyl sites for hydroxylation is 2. The van der Waals surface area contributed by atoms with Crippen LogP contribution in [0.15, 0.2) is 30.5 Å². The highest BCUT2D eigenvalue weighted by molar-refractivity contribution is 5.74. The summed E-state index contributed by atoms with van der Waals surface area (Å²) in [7, 11) is 0. The highest BCUT2D eigenvalue weighted by atomic mass is 16.3. The second-order valence-electron chi connectivity index (χ2n) is 6.73. The zero-order valence-electron chi connectivity index (χ0n) is 14.8. The molecule has 1 aliphatic rings. The first-order valence-corrected chi connectivity index (χ1v) is 8.88. The molecule has 0 saturated carbocycles. The van der Waals surface area contributed by atoms with Crippen molar-refractivity contribution in [3.63, 3.8) is 0 Å². The number of aliphatic hydroxyl groups excluding tert-OH is 1. The first kappa shape index (κ1) is 17.5. The summed E-state index contributed by atoms with van der Waals surface area (Å²) in [6, 6.07) is 7.76. The van der Waals surface area contributed by atoms with Crippen LogP contribution in [0.4, 0.5) is 4.79 Å². The summed E-state index contributed by atoms with van der Waals surface area (Å²) in [6.45, 7) is 4.78. The molecule has 0 radical (unpaired) electrons. The summed E-state index contributed by atoms with van der Waals surface area (Å²) in [5.74, 6) is 0. The number of fused-ring (bicyclic) bond motifs is 1. The van der Waals surface area contributed by atoms with Gasteiger partial charge in [-0.3, -0.25) is 5.10 Å². The molecule has 6 nitrogen and oxygen atoms in total. The van der Waals surface area contributed by atoms with Gasteiger partial charge in [0, 0.05) is 18.3 Å². The normalized spacial score (nSPS) is 17.6. The lowest BCUT2D eigenvalue weighted by molar-refractivity contribution is 0.122. The van der Waals surface area contributed by atoms with Crippen molar-refractivity contribution >= 4 is 6.03 Å². The van der Waals surface area contributed by atoms with E-state index in [4.69, 9.17) is 0 Å². The molecular weight excluding hydrogens is 316 g/mol. The van der Waals surface area contributed by atoms with Crippen molar-refractivity contribution in [1.82, 2.24) is 20.4 Å². The first-order chi connectivity index (χ1) is 12.1. The maximum absolute atomic E-state index is 12.6. The number of urea groups is 1. The standard InChI is InChI=1S/C19H26N4O2/c1-3-23(12-18(24)14-6-4-13(2)5-7-14)19(25)21-16-8-9-17-15(10-16)11-20-22-17/h4-7,11,16,18,24H,3,8-10,12H2,1-2H3,(H,20,22)(H,21,25). The average molecular weight is 342 g/mol. The monoisotopic (exact) mass is 342 g/mol. The van der Waals surface area contributed by atoms with E-state index in [-0.39, 0.29) is 18.6 Å². The van der Waals surface area contributed by atoms with Crippen LogP contribution in [0.3, 0.4) is 0 Å². The third-order valence-electron chi connectivity index (χ3n) is 4.87. The van der Waals surface area contributed by atoms with Gasteiger partial charge in [-0.05, 0) is 44.2 Å². The lowest BCUT2D eigenvalue weighted by atomic mass is 9.94. The van der Waals surface area contributed by atoms with Crippen LogP contribution in [0.1, 0.15) is 41.8 Å². The molecule has 0 saturated heterocycles. The Morgan fingerprint density at radius 1 is 1.44 bits per heavy atom. The van der Waals surface area contributed by atoms with E-state index in [9.17, 15) is 9.90 Å². The summed E-state index contributed by atoms with van der Waals surface area (Å²) in [4.78, 5) is 14.3. The fourth-order valence-corrected chi connectivity index (χ4v) is 3.26. The van der Waals surface area contributed by atoms with Crippen molar-refractivity contribution < 1.29 is 9.90 Å². The number of aliphatic hydroxyl groups is 1. The molecule has 2 unspecified atom stereocenters. The highest BCUT2D eigenvalue weighted by Crippen LogP contribution is 2.19. The zero-order chi connectivity index (χ0) is 17.8. The largest absolute Gasteiger partial charge is 0.387 e. The van der Waals surface area contributed by atoms with Gasteiger partial charge in [-0.25, -0.2) is 4.79 Å². The SMILES string of the molecule is CCN(CC(O)c1ccc(C)cc1)C(=O)NC1CCc2[nH]ncc2C1. The first-order valence-electron chi connectivity index (χ1n) is 8.88. The number of nitrogens with one attached hydrogen (secondary N) is 2. The van der Waals surface area contributed by atoms with Gasteiger partial charge in [-0.15, -0.1) is 0 Å². The number of H-pyrrole nitrogens is 1. The van der Waals surface area contributed by atoms with Crippen LogP contribution >= 0.6 is 0 Å². The summed E-state index contributed by atoms with van der Waals surface area (Å²) in [6.07, 6.45) is 3.76. The fourth-order valence-electron chi connectivity index (χ4n) is 3.26. The van der Waals surface area contributed by atoms with Crippen LogP contribution in [0.5, 0.6) is 0 Å². The van der Waals surface area contributed by atoms with Gasteiger partial charge in [0.05, 0.1) is 18.8 Å². The molecule has 3 rings (SSSR count). The fraction of sp³-hybridized carbons (Fsp3) is 0.474. The molecule has 1 aromatic heterocycles. The average Bonchev–Trinajstić information content (AvgIpc) is 3.07. The molecule has 0 fully saturated rings. The number of aromatic nitrogens is 2. The Bertz CT molecular complexity index is 710. The van der Waals surface area contributed by atoms with Crippen molar-refractivity contribution in [3.05, 3.63) is 52.8 Å². The third-order valence-corrected chi connectivity index (χ3v) is 4.87. The van der Waals surface area contributed by atoms with Crippen molar-refractivity contribution in [2.45, 2.75) is 45.3 Å². The van der Waals surface area contributed by atoms with E-state index in [1.807, 2.05) is 44.3 Å². The maximum Gasteiger partial charge on any atom is 0.317 e. The zero-order valence-corrected chi connectivity index (χ0v) is 14.8. The molecule has 1 heterocycles. The number of aromatic amines is 1. The molecule has 134 valence electrons. The Balaban J connectivity index is 1.57. The molecule has 6 heteroatoms. The Kier molecular flexibility index (Phi) is 5.38. The molecule has 0 spiro atoms. The Morgan fingerprint density at radius 2 is 2.20 bits per heavy atom. The number of hydrogen-bond donors (Lipinski definition) is 3. The second-order valence-corrected chi connectivity index (χ2v) is 6.73. The van der Waals surface area contributed by atoms with E-state index in [0.717, 1.165) is 30.4 Å². The van der Waals surface area contributed by atoms with Crippen molar-refractivity contribution in [3.8, 4) is 0 Å². The van der Waals surface area contributed by atoms with Crippen LogP contribution in [-0.2, 0) is 12.8 Å². The van der Waals surface area contributed by atoms with Crippen molar-refractivity contribution in [2.24, 2.45) is 0 Å². The minimum Gasteiger partial charge on any atom is -0.387 e. The van der Waals surface area contributed by atoms with E-state index in [0.29, 0.717) is 6.54 Å². The number of carbonyl (C=O) groups is 1. The minimum atomic E-state index is -0.682. The van der Waals surface area contributed by atoms with Crippen LogP contribution in [0.2, 0.25) is 0 Å². The van der Waals surface area contributed by atoms with Gasteiger partial charge in [0.25, 0.3) is 0 Å². The Labute approximate surface area is 148 Å². The summed E-state index contributed by atoms with van der Waals surface area (Å²) >= 11 is 0. The van der Waals surface area contributed by atoms with Crippen molar-refractivity contribution in [2.75, 3.05) is 13.1 Å². The van der Waals surface area contributed by atoms with Crippen LogP contribution in [0, 0.1) is 6.92 Å². The summed E-state index contributed by atoms with van der Waals surface area (Å²) < 4.78 is 0.